The predicted octanol–water partition coefficient (Wildman–Crippen LogP) is 1.73. The number of nitrogens with zero attached hydrogens (tertiary/aromatic N) is 1. The summed E-state index contributed by atoms with van der Waals surface area (Å²) in [7, 11) is 0. The SMILES string of the molecule is CC(C(=O)O)(C1CC1)N1CC2(CCC2)C1. The highest BCUT2D eigenvalue weighted by molar-refractivity contribution is 5.79. The van der Waals surface area contributed by atoms with E-state index in [0.29, 0.717) is 11.3 Å². The molecule has 3 heteroatoms. The molecule has 1 heterocycles. The summed E-state index contributed by atoms with van der Waals surface area (Å²) in [6, 6.07) is 0. The summed E-state index contributed by atoms with van der Waals surface area (Å²) in [4.78, 5) is 13.6. The molecule has 84 valence electrons. The van der Waals surface area contributed by atoms with Gasteiger partial charge >= 0.3 is 5.97 Å². The quantitative estimate of drug-likeness (QED) is 0.769. The highest BCUT2D eigenvalue weighted by Crippen LogP contribution is 2.54. The molecule has 1 N–H and O–H groups in total. The monoisotopic (exact) mass is 209 g/mol. The Morgan fingerprint density at radius 3 is 2.33 bits per heavy atom. The first-order chi connectivity index (χ1) is 7.07. The number of hydrogen-bond donors (Lipinski definition) is 1. The van der Waals surface area contributed by atoms with Crippen molar-refractivity contribution < 1.29 is 9.90 Å². The second kappa shape index (κ2) is 2.76. The smallest absolute Gasteiger partial charge is 0.324 e. The molecule has 0 aromatic carbocycles. The maximum absolute atomic E-state index is 11.4. The largest absolute Gasteiger partial charge is 0.480 e. The summed E-state index contributed by atoms with van der Waals surface area (Å²) < 4.78 is 0. The van der Waals surface area contributed by atoms with E-state index >= 15 is 0 Å². The fourth-order valence-electron chi connectivity index (χ4n) is 3.30. The highest BCUT2D eigenvalue weighted by atomic mass is 16.4. The summed E-state index contributed by atoms with van der Waals surface area (Å²) in [6.45, 7) is 4.00. The molecule has 1 spiro atoms. The molecule has 0 amide bonds. The Morgan fingerprint density at radius 2 is 2.00 bits per heavy atom. The number of likely N-dealkylation sites (tertiary alicyclic amines) is 1. The molecular formula is C12H19NO2. The molecule has 0 aromatic heterocycles. The van der Waals surface area contributed by atoms with Gasteiger partial charge in [0.05, 0.1) is 0 Å². The molecule has 0 aromatic rings. The molecule has 3 nitrogen and oxygen atoms in total. The molecular weight excluding hydrogens is 190 g/mol. The van der Waals surface area contributed by atoms with E-state index in [1.807, 2.05) is 6.92 Å². The second-order valence-corrected chi connectivity index (χ2v) is 5.94. The van der Waals surface area contributed by atoms with E-state index < -0.39 is 11.5 Å². The third-order valence-electron chi connectivity index (χ3n) is 4.93. The van der Waals surface area contributed by atoms with E-state index in [4.69, 9.17) is 0 Å². The number of hydrogen-bond acceptors (Lipinski definition) is 2. The van der Waals surface area contributed by atoms with Gasteiger partial charge < -0.3 is 5.11 Å². The first-order valence-electron chi connectivity index (χ1n) is 6.05. The Morgan fingerprint density at radius 1 is 1.40 bits per heavy atom. The van der Waals surface area contributed by atoms with Gasteiger partial charge in [-0.05, 0) is 43.9 Å². The molecule has 3 rings (SSSR count). The van der Waals surface area contributed by atoms with Crippen LogP contribution in [0.3, 0.4) is 0 Å². The van der Waals surface area contributed by atoms with Crippen LogP contribution in [0.4, 0.5) is 0 Å². The average molecular weight is 209 g/mol. The minimum atomic E-state index is -0.612. The van der Waals surface area contributed by atoms with Crippen molar-refractivity contribution >= 4 is 5.97 Å². The van der Waals surface area contributed by atoms with Crippen LogP contribution in [0.1, 0.15) is 39.0 Å². The molecule has 1 aliphatic heterocycles. The highest BCUT2D eigenvalue weighted by Gasteiger charge is 2.59. The number of rotatable bonds is 3. The minimum absolute atomic E-state index is 0.410. The van der Waals surface area contributed by atoms with Crippen molar-refractivity contribution in [2.75, 3.05) is 13.1 Å². The van der Waals surface area contributed by atoms with Gasteiger partial charge in [0.25, 0.3) is 0 Å². The topological polar surface area (TPSA) is 40.5 Å². The summed E-state index contributed by atoms with van der Waals surface area (Å²) in [5.41, 5.74) is -0.0214. The van der Waals surface area contributed by atoms with Crippen LogP contribution in [0.25, 0.3) is 0 Å². The van der Waals surface area contributed by atoms with Crippen LogP contribution in [0.5, 0.6) is 0 Å². The van der Waals surface area contributed by atoms with Crippen LogP contribution >= 0.6 is 0 Å². The molecule has 0 bridgehead atoms. The summed E-state index contributed by atoms with van der Waals surface area (Å²) in [5, 5.41) is 9.40. The van der Waals surface area contributed by atoms with Gasteiger partial charge in [0.15, 0.2) is 0 Å². The number of carboxylic acids is 1. The van der Waals surface area contributed by atoms with E-state index in [9.17, 15) is 9.90 Å². The molecule has 2 aliphatic carbocycles. The predicted molar refractivity (Wildman–Crippen MR) is 56.6 cm³/mol. The number of aliphatic carboxylic acids is 1. The Balaban J connectivity index is 1.72. The minimum Gasteiger partial charge on any atom is -0.480 e. The molecule has 1 atom stereocenters. The first-order valence-corrected chi connectivity index (χ1v) is 6.05. The van der Waals surface area contributed by atoms with Crippen LogP contribution in [0.2, 0.25) is 0 Å². The lowest BCUT2D eigenvalue weighted by Crippen LogP contribution is -2.69. The fraction of sp³-hybridized carbons (Fsp3) is 0.917. The third kappa shape index (κ3) is 1.19. The van der Waals surface area contributed by atoms with E-state index in [1.54, 1.807) is 0 Å². The third-order valence-corrected chi connectivity index (χ3v) is 4.93. The molecule has 15 heavy (non-hydrogen) atoms. The molecule has 3 aliphatic rings. The maximum Gasteiger partial charge on any atom is 0.324 e. The summed E-state index contributed by atoms with van der Waals surface area (Å²) in [5.74, 6) is -0.202. The van der Waals surface area contributed by atoms with Crippen LogP contribution in [0.15, 0.2) is 0 Å². The van der Waals surface area contributed by atoms with Gasteiger partial charge in [-0.2, -0.15) is 0 Å². The van der Waals surface area contributed by atoms with Crippen molar-refractivity contribution in [3.63, 3.8) is 0 Å². The van der Waals surface area contributed by atoms with Crippen molar-refractivity contribution in [1.29, 1.82) is 0 Å². The summed E-state index contributed by atoms with van der Waals surface area (Å²) >= 11 is 0. The normalized spacial score (nSPS) is 32.9. The first kappa shape index (κ1) is 9.64. The summed E-state index contributed by atoms with van der Waals surface area (Å²) in [6.07, 6.45) is 6.20. The average Bonchev–Trinajstić information content (AvgIpc) is 2.79. The van der Waals surface area contributed by atoms with Crippen molar-refractivity contribution in [2.24, 2.45) is 11.3 Å². The van der Waals surface area contributed by atoms with Crippen molar-refractivity contribution in [3.05, 3.63) is 0 Å². The van der Waals surface area contributed by atoms with E-state index in [1.165, 1.54) is 19.3 Å². The molecule has 1 saturated heterocycles. The molecule has 3 fully saturated rings. The van der Waals surface area contributed by atoms with Gasteiger partial charge in [0.1, 0.15) is 5.54 Å². The van der Waals surface area contributed by atoms with Crippen molar-refractivity contribution in [1.82, 2.24) is 4.90 Å². The second-order valence-electron chi connectivity index (χ2n) is 5.94. The zero-order valence-corrected chi connectivity index (χ0v) is 9.33. The van der Waals surface area contributed by atoms with E-state index in [-0.39, 0.29) is 0 Å². The zero-order chi connectivity index (χ0) is 10.7. The Hall–Kier alpha value is -0.570. The van der Waals surface area contributed by atoms with Crippen LogP contribution < -0.4 is 0 Å². The molecule has 0 radical (unpaired) electrons. The van der Waals surface area contributed by atoms with Crippen molar-refractivity contribution in [2.45, 2.75) is 44.6 Å². The Bertz CT molecular complexity index is 299. The van der Waals surface area contributed by atoms with Crippen LogP contribution in [-0.2, 0) is 4.79 Å². The standard InChI is InChI=1S/C12H19NO2/c1-11(10(14)15,9-3-4-9)13-7-12(8-13)5-2-6-12/h9H,2-8H2,1H3,(H,14,15). The van der Waals surface area contributed by atoms with Gasteiger partial charge in [-0.15, -0.1) is 0 Å². The van der Waals surface area contributed by atoms with Gasteiger partial charge in [-0.25, -0.2) is 0 Å². The number of carbonyl (C=O) groups is 1. The Kier molecular flexibility index (Phi) is 1.77. The lowest BCUT2D eigenvalue weighted by Gasteiger charge is -2.60. The fourth-order valence-corrected chi connectivity index (χ4v) is 3.30. The van der Waals surface area contributed by atoms with E-state index in [2.05, 4.69) is 4.90 Å². The zero-order valence-electron chi connectivity index (χ0n) is 9.33. The lowest BCUT2D eigenvalue weighted by atomic mass is 9.62. The van der Waals surface area contributed by atoms with Gasteiger partial charge in [0.2, 0.25) is 0 Å². The van der Waals surface area contributed by atoms with Gasteiger partial charge in [-0.1, -0.05) is 6.42 Å². The van der Waals surface area contributed by atoms with Gasteiger partial charge in [0, 0.05) is 13.1 Å². The lowest BCUT2D eigenvalue weighted by molar-refractivity contribution is -0.171. The van der Waals surface area contributed by atoms with Crippen LogP contribution in [0, 0.1) is 11.3 Å². The maximum atomic E-state index is 11.4. The molecule has 1 unspecified atom stereocenters. The van der Waals surface area contributed by atoms with Gasteiger partial charge in [-0.3, -0.25) is 9.69 Å². The number of carboxylic acid groups (broad SMARTS) is 1. The van der Waals surface area contributed by atoms with E-state index in [0.717, 1.165) is 25.9 Å². The molecule has 2 saturated carbocycles. The Labute approximate surface area is 90.5 Å². The van der Waals surface area contributed by atoms with Crippen LogP contribution in [-0.4, -0.2) is 34.6 Å². The van der Waals surface area contributed by atoms with Crippen molar-refractivity contribution in [3.8, 4) is 0 Å².